The maximum atomic E-state index is 14.3. The molecular formula is C27H32F2O. The molecule has 0 atom stereocenters. The number of hydrogen-bond donors (Lipinski definition) is 0. The minimum atomic E-state index is -0.943. The summed E-state index contributed by atoms with van der Waals surface area (Å²) < 4.78 is 33.6. The van der Waals surface area contributed by atoms with Gasteiger partial charge in [0.25, 0.3) is 0 Å². The van der Waals surface area contributed by atoms with E-state index in [9.17, 15) is 8.78 Å². The predicted molar refractivity (Wildman–Crippen MR) is 119 cm³/mol. The maximum Gasteiger partial charge on any atom is 0.201 e. The van der Waals surface area contributed by atoms with Crippen molar-refractivity contribution >= 4 is 0 Å². The van der Waals surface area contributed by atoms with E-state index in [1.54, 1.807) is 0 Å². The third-order valence-electron chi connectivity index (χ3n) is 5.92. The molecule has 2 aromatic rings. The Kier molecular flexibility index (Phi) is 8.31. The van der Waals surface area contributed by atoms with E-state index < -0.39 is 11.6 Å². The van der Waals surface area contributed by atoms with Crippen LogP contribution in [0.25, 0.3) is 0 Å². The average Bonchev–Trinajstić information content (AvgIpc) is 2.79. The van der Waals surface area contributed by atoms with Crippen molar-refractivity contribution in [2.24, 2.45) is 5.92 Å². The maximum absolute atomic E-state index is 14.3. The predicted octanol–water partition coefficient (Wildman–Crippen LogP) is 7.42. The lowest BCUT2D eigenvalue weighted by atomic mass is 9.78. The second-order valence-corrected chi connectivity index (χ2v) is 8.25. The zero-order chi connectivity index (χ0) is 21.3. The fourth-order valence-electron chi connectivity index (χ4n) is 4.04. The van der Waals surface area contributed by atoms with Crippen LogP contribution >= 0.6 is 0 Å². The van der Waals surface area contributed by atoms with Gasteiger partial charge in [-0.2, -0.15) is 4.39 Å². The van der Waals surface area contributed by atoms with Gasteiger partial charge in [0.1, 0.15) is 0 Å². The van der Waals surface area contributed by atoms with Crippen LogP contribution in [0.2, 0.25) is 0 Å². The molecule has 3 rings (SSSR count). The first kappa shape index (κ1) is 22.3. The lowest BCUT2D eigenvalue weighted by Crippen LogP contribution is -2.12. The van der Waals surface area contributed by atoms with Crippen LogP contribution in [0.3, 0.4) is 0 Å². The highest BCUT2D eigenvalue weighted by Crippen LogP contribution is 2.35. The van der Waals surface area contributed by atoms with Gasteiger partial charge in [0.05, 0.1) is 12.2 Å². The highest BCUT2D eigenvalue weighted by Gasteiger charge is 2.21. The topological polar surface area (TPSA) is 9.23 Å². The van der Waals surface area contributed by atoms with E-state index >= 15 is 0 Å². The monoisotopic (exact) mass is 410 g/mol. The third-order valence-corrected chi connectivity index (χ3v) is 5.92. The lowest BCUT2D eigenvalue weighted by molar-refractivity contribution is 0.295. The first-order valence-electron chi connectivity index (χ1n) is 11.3. The number of rotatable bonds is 7. The van der Waals surface area contributed by atoms with Gasteiger partial charge < -0.3 is 4.74 Å². The summed E-state index contributed by atoms with van der Waals surface area (Å²) in [6, 6.07) is 12.1. The van der Waals surface area contributed by atoms with Gasteiger partial charge in [-0.05, 0) is 74.1 Å². The largest absolute Gasteiger partial charge is 0.490 e. The Balaban J connectivity index is 1.56. The van der Waals surface area contributed by atoms with Crippen molar-refractivity contribution in [3.8, 4) is 17.6 Å². The molecule has 0 amide bonds. The van der Waals surface area contributed by atoms with E-state index in [1.165, 1.54) is 36.1 Å². The van der Waals surface area contributed by atoms with Gasteiger partial charge >= 0.3 is 0 Å². The molecule has 1 aliphatic rings. The normalized spacial score (nSPS) is 18.5. The molecule has 0 saturated heterocycles. The molecule has 0 aliphatic heterocycles. The molecule has 3 heteroatoms. The Hall–Kier alpha value is -2.34. The zero-order valence-electron chi connectivity index (χ0n) is 18.1. The molecule has 0 unspecified atom stereocenters. The molecule has 160 valence electrons. The van der Waals surface area contributed by atoms with E-state index in [2.05, 4.69) is 43.0 Å². The molecule has 0 aromatic heterocycles. The van der Waals surface area contributed by atoms with E-state index in [1.807, 2.05) is 6.92 Å². The number of aryl methyl sites for hydroxylation is 1. The van der Waals surface area contributed by atoms with E-state index in [0.717, 1.165) is 38.5 Å². The SMILES string of the molecule is CCCCc1ccc([C@H]2CC[C@H](C#Cc3ccc(OCCC)c(F)c3F)CC2)cc1. The van der Waals surface area contributed by atoms with Crippen LogP contribution in [0.4, 0.5) is 8.78 Å². The molecule has 0 spiro atoms. The highest BCUT2D eigenvalue weighted by molar-refractivity contribution is 5.41. The summed E-state index contributed by atoms with van der Waals surface area (Å²) in [5.74, 6) is 4.97. The Bertz CT molecular complexity index is 868. The number of unbranched alkanes of at least 4 members (excludes halogenated alkanes) is 1. The van der Waals surface area contributed by atoms with Crippen LogP contribution in [-0.4, -0.2) is 6.61 Å². The molecule has 0 heterocycles. The van der Waals surface area contributed by atoms with Crippen LogP contribution in [0.5, 0.6) is 5.75 Å². The highest BCUT2D eigenvalue weighted by atomic mass is 19.2. The van der Waals surface area contributed by atoms with Crippen molar-refractivity contribution in [1.29, 1.82) is 0 Å². The first-order valence-corrected chi connectivity index (χ1v) is 11.3. The number of ether oxygens (including phenoxy) is 1. The fraction of sp³-hybridized carbons (Fsp3) is 0.481. The van der Waals surface area contributed by atoms with Crippen molar-refractivity contribution in [2.45, 2.75) is 71.1 Å². The summed E-state index contributed by atoms with van der Waals surface area (Å²) >= 11 is 0. The second kappa shape index (κ2) is 11.2. The molecule has 0 N–H and O–H groups in total. The lowest BCUT2D eigenvalue weighted by Gasteiger charge is -2.26. The van der Waals surface area contributed by atoms with Gasteiger partial charge in [-0.1, -0.05) is 56.4 Å². The molecule has 1 aliphatic carbocycles. The summed E-state index contributed by atoms with van der Waals surface area (Å²) in [5, 5.41) is 0. The number of benzene rings is 2. The molecule has 1 fully saturated rings. The Morgan fingerprint density at radius 1 is 0.900 bits per heavy atom. The molecule has 1 nitrogen and oxygen atoms in total. The van der Waals surface area contributed by atoms with Gasteiger partial charge in [0.2, 0.25) is 5.82 Å². The smallest absolute Gasteiger partial charge is 0.201 e. The van der Waals surface area contributed by atoms with Gasteiger partial charge in [0, 0.05) is 5.92 Å². The Labute approximate surface area is 179 Å². The third kappa shape index (κ3) is 5.85. The summed E-state index contributed by atoms with van der Waals surface area (Å²) in [7, 11) is 0. The van der Waals surface area contributed by atoms with Crippen molar-refractivity contribution in [2.75, 3.05) is 6.61 Å². The van der Waals surface area contributed by atoms with Crippen molar-refractivity contribution in [1.82, 2.24) is 0 Å². The van der Waals surface area contributed by atoms with Gasteiger partial charge in [-0.3, -0.25) is 0 Å². The van der Waals surface area contributed by atoms with Gasteiger partial charge in [-0.25, -0.2) is 4.39 Å². The van der Waals surface area contributed by atoms with Crippen LogP contribution in [0.15, 0.2) is 36.4 Å². The molecule has 1 saturated carbocycles. The van der Waals surface area contributed by atoms with Crippen LogP contribution in [0.1, 0.15) is 81.4 Å². The number of halogens is 2. The van der Waals surface area contributed by atoms with Crippen LogP contribution in [0, 0.1) is 29.4 Å². The molecule has 30 heavy (non-hydrogen) atoms. The van der Waals surface area contributed by atoms with E-state index in [0.29, 0.717) is 12.5 Å². The zero-order valence-corrected chi connectivity index (χ0v) is 18.1. The van der Waals surface area contributed by atoms with E-state index in [-0.39, 0.29) is 17.2 Å². The fourth-order valence-corrected chi connectivity index (χ4v) is 4.04. The molecular weight excluding hydrogens is 378 g/mol. The van der Waals surface area contributed by atoms with Crippen LogP contribution < -0.4 is 4.74 Å². The van der Waals surface area contributed by atoms with Crippen molar-refractivity contribution in [3.05, 3.63) is 64.7 Å². The minimum Gasteiger partial charge on any atom is -0.490 e. The first-order chi connectivity index (χ1) is 14.6. The number of hydrogen-bond acceptors (Lipinski definition) is 1. The molecule has 2 aromatic carbocycles. The van der Waals surface area contributed by atoms with Crippen molar-refractivity contribution in [3.63, 3.8) is 0 Å². The van der Waals surface area contributed by atoms with E-state index in [4.69, 9.17) is 4.74 Å². The molecule has 0 bridgehead atoms. The molecule has 0 radical (unpaired) electrons. The second-order valence-electron chi connectivity index (χ2n) is 8.25. The average molecular weight is 411 g/mol. The summed E-state index contributed by atoms with van der Waals surface area (Å²) in [6.45, 7) is 4.51. The van der Waals surface area contributed by atoms with Crippen molar-refractivity contribution < 1.29 is 13.5 Å². The minimum absolute atomic E-state index is 0.0406. The Morgan fingerprint density at radius 2 is 1.63 bits per heavy atom. The quantitative estimate of drug-likeness (QED) is 0.432. The van der Waals surface area contributed by atoms with Gasteiger partial charge in [-0.15, -0.1) is 0 Å². The summed E-state index contributed by atoms with van der Waals surface area (Å²) in [5.41, 5.74) is 2.94. The Morgan fingerprint density at radius 3 is 2.30 bits per heavy atom. The summed E-state index contributed by atoms with van der Waals surface area (Å²) in [4.78, 5) is 0. The standard InChI is InChI=1S/C27H32F2O/c1-3-5-6-20-7-12-22(13-8-20)23-14-9-21(10-15-23)11-16-24-17-18-25(30-19-4-2)27(29)26(24)28/h7-8,12-13,17-18,21,23H,3-6,9-10,14-15,19H2,1-2H3/t21-,23-. The van der Waals surface area contributed by atoms with Crippen LogP contribution in [-0.2, 0) is 6.42 Å². The summed E-state index contributed by atoms with van der Waals surface area (Å²) in [6.07, 6.45) is 8.54. The van der Waals surface area contributed by atoms with Gasteiger partial charge in [0.15, 0.2) is 11.6 Å².